The molecule has 180 valence electrons. The minimum absolute atomic E-state index is 0.101. The predicted molar refractivity (Wildman–Crippen MR) is 130 cm³/mol. The molecule has 0 fully saturated rings. The number of carbonyl (C=O) groups excluding carboxylic acids is 2. The lowest BCUT2D eigenvalue weighted by molar-refractivity contribution is -0.145. The lowest BCUT2D eigenvalue weighted by Crippen LogP contribution is -2.55. The summed E-state index contributed by atoms with van der Waals surface area (Å²) in [7, 11) is 0. The molecule has 2 unspecified atom stereocenters. The summed E-state index contributed by atoms with van der Waals surface area (Å²) >= 11 is 0. The van der Waals surface area contributed by atoms with Crippen LogP contribution in [0.5, 0.6) is 0 Å². The van der Waals surface area contributed by atoms with Crippen LogP contribution >= 0.6 is 0 Å². The van der Waals surface area contributed by atoms with E-state index in [2.05, 4.69) is 29.3 Å². The first-order valence-electron chi connectivity index (χ1n) is 11.4. The van der Waals surface area contributed by atoms with Crippen molar-refractivity contribution in [1.82, 2.24) is 10.6 Å². The van der Waals surface area contributed by atoms with E-state index in [4.69, 9.17) is 4.74 Å². The summed E-state index contributed by atoms with van der Waals surface area (Å²) in [5, 5.41) is 14.7. The molecule has 7 nitrogen and oxygen atoms in total. The van der Waals surface area contributed by atoms with Crippen LogP contribution in [0.1, 0.15) is 50.7 Å². The average Bonchev–Trinajstić information content (AvgIpc) is 3.11. The van der Waals surface area contributed by atoms with Gasteiger partial charge in [0.15, 0.2) is 0 Å². The third kappa shape index (κ3) is 5.65. The minimum atomic E-state index is -1.13. The maximum atomic E-state index is 12.9. The van der Waals surface area contributed by atoms with Crippen molar-refractivity contribution in [2.24, 2.45) is 5.41 Å². The molecule has 0 spiro atoms. The third-order valence-electron chi connectivity index (χ3n) is 6.01. The number of fused-ring (bicyclic) bond motifs is 3. The van der Waals surface area contributed by atoms with Gasteiger partial charge in [-0.2, -0.15) is 0 Å². The fourth-order valence-electron chi connectivity index (χ4n) is 4.23. The number of nitrogens with one attached hydrogen (secondary N) is 2. The number of amides is 2. The van der Waals surface area contributed by atoms with E-state index in [9.17, 15) is 19.5 Å². The molecule has 2 aromatic rings. The van der Waals surface area contributed by atoms with Crippen molar-refractivity contribution < 1.29 is 24.2 Å². The van der Waals surface area contributed by atoms with Crippen LogP contribution in [-0.4, -0.2) is 41.8 Å². The maximum absolute atomic E-state index is 12.9. The lowest BCUT2D eigenvalue weighted by Gasteiger charge is -2.29. The van der Waals surface area contributed by atoms with Gasteiger partial charge in [0.05, 0.1) is 0 Å². The lowest BCUT2D eigenvalue weighted by atomic mass is 9.86. The van der Waals surface area contributed by atoms with Gasteiger partial charge in [0.1, 0.15) is 18.7 Å². The molecule has 0 heterocycles. The summed E-state index contributed by atoms with van der Waals surface area (Å²) in [4.78, 5) is 37.2. The van der Waals surface area contributed by atoms with Gasteiger partial charge >= 0.3 is 12.1 Å². The molecule has 0 bridgehead atoms. The Bertz CT molecular complexity index is 1030. The van der Waals surface area contributed by atoms with E-state index in [1.165, 1.54) is 0 Å². The summed E-state index contributed by atoms with van der Waals surface area (Å²) in [6.07, 6.45) is 1.65. The Hall–Kier alpha value is -3.61. The van der Waals surface area contributed by atoms with E-state index in [-0.39, 0.29) is 18.9 Å². The molecule has 0 aromatic heterocycles. The number of alkyl carbamates (subject to hydrolysis) is 1. The smallest absolute Gasteiger partial charge is 0.407 e. The number of allylic oxidation sites excluding steroid dienone is 1. The van der Waals surface area contributed by atoms with E-state index >= 15 is 0 Å². The van der Waals surface area contributed by atoms with Crippen LogP contribution in [0.2, 0.25) is 0 Å². The number of rotatable bonds is 9. The first kappa shape index (κ1) is 25.0. The van der Waals surface area contributed by atoms with Crippen molar-refractivity contribution in [2.75, 3.05) is 6.61 Å². The summed E-state index contributed by atoms with van der Waals surface area (Å²) in [5.41, 5.74) is 3.72. The Morgan fingerprint density at radius 1 is 1.03 bits per heavy atom. The molecule has 3 rings (SSSR count). The van der Waals surface area contributed by atoms with Crippen LogP contribution < -0.4 is 10.6 Å². The average molecular weight is 465 g/mol. The molecule has 34 heavy (non-hydrogen) atoms. The first-order chi connectivity index (χ1) is 16.1. The molecule has 2 atom stereocenters. The highest BCUT2D eigenvalue weighted by Crippen LogP contribution is 2.44. The standard InChI is InChI=1S/C27H32N2O5/c1-5-6-15-22(24(30)29-23(25(31)32)27(2,3)4)28-26(33)34-16-21-19-13-9-7-11-17(19)18-12-8-10-14-20(18)21/h5,7-14,21-23H,1,6,15-16H2,2-4H3,(H,28,33)(H,29,30)(H,31,32). The number of hydrogen-bond acceptors (Lipinski definition) is 4. The Labute approximate surface area is 200 Å². The number of ether oxygens (including phenoxy) is 1. The van der Waals surface area contributed by atoms with Crippen molar-refractivity contribution in [3.05, 3.63) is 72.3 Å². The van der Waals surface area contributed by atoms with Crippen molar-refractivity contribution in [3.63, 3.8) is 0 Å². The molecule has 2 amide bonds. The second-order valence-electron chi connectivity index (χ2n) is 9.53. The monoisotopic (exact) mass is 464 g/mol. The summed E-state index contributed by atoms with van der Waals surface area (Å²) in [6, 6.07) is 14.0. The summed E-state index contributed by atoms with van der Waals surface area (Å²) in [5.74, 6) is -1.81. The van der Waals surface area contributed by atoms with Crippen molar-refractivity contribution in [1.29, 1.82) is 0 Å². The second kappa shape index (κ2) is 10.5. The zero-order valence-electron chi connectivity index (χ0n) is 19.8. The van der Waals surface area contributed by atoms with E-state index in [0.29, 0.717) is 6.42 Å². The molecule has 7 heteroatoms. The van der Waals surface area contributed by atoms with Gasteiger partial charge in [-0.05, 0) is 40.5 Å². The number of carbonyl (C=O) groups is 3. The van der Waals surface area contributed by atoms with Crippen LogP contribution in [0.25, 0.3) is 11.1 Å². The molecule has 1 aliphatic rings. The van der Waals surface area contributed by atoms with Crippen LogP contribution in [0.15, 0.2) is 61.2 Å². The van der Waals surface area contributed by atoms with Gasteiger partial charge in [0, 0.05) is 5.92 Å². The van der Waals surface area contributed by atoms with Crippen molar-refractivity contribution >= 4 is 18.0 Å². The summed E-state index contributed by atoms with van der Waals surface area (Å²) in [6.45, 7) is 8.96. The first-order valence-corrected chi connectivity index (χ1v) is 11.4. The van der Waals surface area contributed by atoms with Gasteiger partial charge in [-0.15, -0.1) is 6.58 Å². The van der Waals surface area contributed by atoms with Crippen LogP contribution in [0, 0.1) is 5.41 Å². The number of benzene rings is 2. The van der Waals surface area contributed by atoms with Gasteiger partial charge in [-0.1, -0.05) is 75.4 Å². The second-order valence-corrected chi connectivity index (χ2v) is 9.53. The molecule has 0 aliphatic heterocycles. The van der Waals surface area contributed by atoms with E-state index in [1.807, 2.05) is 36.4 Å². The minimum Gasteiger partial charge on any atom is -0.480 e. The van der Waals surface area contributed by atoms with Gasteiger partial charge in [0.25, 0.3) is 0 Å². The number of aliphatic carboxylic acids is 1. The van der Waals surface area contributed by atoms with Gasteiger partial charge in [-0.3, -0.25) is 4.79 Å². The highest BCUT2D eigenvalue weighted by atomic mass is 16.5. The van der Waals surface area contributed by atoms with Crippen LogP contribution in [0.3, 0.4) is 0 Å². The number of hydrogen-bond donors (Lipinski definition) is 3. The quantitative estimate of drug-likeness (QED) is 0.475. The fourth-order valence-corrected chi connectivity index (χ4v) is 4.23. The zero-order valence-corrected chi connectivity index (χ0v) is 19.8. The van der Waals surface area contributed by atoms with Gasteiger partial charge in [-0.25, -0.2) is 9.59 Å². The molecule has 1 aliphatic carbocycles. The molecule has 0 radical (unpaired) electrons. The Balaban J connectivity index is 1.68. The highest BCUT2D eigenvalue weighted by molar-refractivity contribution is 5.89. The fraction of sp³-hybridized carbons (Fsp3) is 0.370. The normalized spacial score (nSPS) is 14.3. The zero-order chi connectivity index (χ0) is 24.9. The maximum Gasteiger partial charge on any atom is 0.407 e. The van der Waals surface area contributed by atoms with E-state index in [1.54, 1.807) is 26.8 Å². The topological polar surface area (TPSA) is 105 Å². The third-order valence-corrected chi connectivity index (χ3v) is 6.01. The van der Waals surface area contributed by atoms with Gasteiger partial charge in [0.2, 0.25) is 5.91 Å². The summed E-state index contributed by atoms with van der Waals surface area (Å²) < 4.78 is 5.55. The number of carboxylic acids is 1. The molecule has 3 N–H and O–H groups in total. The largest absolute Gasteiger partial charge is 0.480 e. The number of carboxylic acid groups (broad SMARTS) is 1. The Kier molecular flexibility index (Phi) is 7.76. The van der Waals surface area contributed by atoms with Crippen LogP contribution in [-0.2, 0) is 14.3 Å². The molecule has 2 aromatic carbocycles. The van der Waals surface area contributed by atoms with Gasteiger partial charge < -0.3 is 20.5 Å². The van der Waals surface area contributed by atoms with Crippen LogP contribution in [0.4, 0.5) is 4.79 Å². The van der Waals surface area contributed by atoms with Crippen molar-refractivity contribution in [3.8, 4) is 11.1 Å². The van der Waals surface area contributed by atoms with E-state index < -0.39 is 35.5 Å². The predicted octanol–water partition coefficient (Wildman–Crippen LogP) is 4.48. The Morgan fingerprint density at radius 2 is 1.59 bits per heavy atom. The molecule has 0 saturated carbocycles. The van der Waals surface area contributed by atoms with E-state index in [0.717, 1.165) is 22.3 Å². The molecular weight excluding hydrogens is 432 g/mol. The van der Waals surface area contributed by atoms with Crippen molar-refractivity contribution in [2.45, 2.75) is 51.6 Å². The Morgan fingerprint density at radius 3 is 2.09 bits per heavy atom. The molecular formula is C27H32N2O5. The molecule has 0 saturated heterocycles. The highest BCUT2D eigenvalue weighted by Gasteiger charge is 2.35. The SMILES string of the molecule is C=CCCC(NC(=O)OCC1c2ccccc2-c2ccccc21)C(=O)NC(C(=O)O)C(C)(C)C.